The third kappa shape index (κ3) is 2.07. The molecule has 2 aliphatic heterocycles. The van der Waals surface area contributed by atoms with Crippen LogP contribution in [0.5, 0.6) is 0 Å². The summed E-state index contributed by atoms with van der Waals surface area (Å²) in [6.45, 7) is 1.83. The Bertz CT molecular complexity index is 549. The van der Waals surface area contributed by atoms with Crippen molar-refractivity contribution in [2.45, 2.75) is 18.4 Å². The molecule has 0 bridgehead atoms. The van der Waals surface area contributed by atoms with Crippen molar-refractivity contribution < 1.29 is 9.90 Å². The van der Waals surface area contributed by atoms with E-state index in [1.54, 1.807) is 0 Å². The molecule has 0 spiro atoms. The molecule has 2 aliphatic rings. The lowest BCUT2D eigenvalue weighted by Gasteiger charge is -2.49. The zero-order valence-corrected chi connectivity index (χ0v) is 12.5. The van der Waals surface area contributed by atoms with Crippen LogP contribution in [-0.4, -0.2) is 49.2 Å². The zero-order chi connectivity index (χ0) is 14.4. The van der Waals surface area contributed by atoms with Crippen LogP contribution in [0.1, 0.15) is 17.9 Å². The van der Waals surface area contributed by atoms with E-state index in [2.05, 4.69) is 23.9 Å². The number of carboxylic acids is 1. The average molecular weight is 295 g/mol. The van der Waals surface area contributed by atoms with E-state index in [0.717, 1.165) is 30.8 Å². The second-order valence-corrected chi connectivity index (χ2v) is 6.35. The van der Waals surface area contributed by atoms with Crippen LogP contribution in [-0.2, 0) is 4.79 Å². The summed E-state index contributed by atoms with van der Waals surface area (Å²) in [5.74, 6) is -1.10. The highest BCUT2D eigenvalue weighted by Crippen LogP contribution is 2.45. The van der Waals surface area contributed by atoms with Crippen molar-refractivity contribution in [3.63, 3.8) is 0 Å². The van der Waals surface area contributed by atoms with Gasteiger partial charge in [-0.25, -0.2) is 0 Å². The van der Waals surface area contributed by atoms with Crippen LogP contribution in [0.3, 0.4) is 0 Å². The molecule has 0 radical (unpaired) electrons. The number of nitrogens with zero attached hydrogens (tertiary/aromatic N) is 2. The van der Waals surface area contributed by atoms with Crippen LogP contribution in [0.2, 0.25) is 5.02 Å². The molecule has 1 aromatic carbocycles. The number of rotatable bonds is 1. The minimum absolute atomic E-state index is 0.113. The summed E-state index contributed by atoms with van der Waals surface area (Å²) in [6, 6.07) is 5.89. The van der Waals surface area contributed by atoms with Crippen LogP contribution in [0.25, 0.3) is 0 Å². The Morgan fingerprint density at radius 2 is 2.15 bits per heavy atom. The molecule has 0 aromatic heterocycles. The molecular formula is C15H19ClN2O2. The maximum atomic E-state index is 11.8. The van der Waals surface area contributed by atoms with Crippen LogP contribution in [0.15, 0.2) is 18.2 Å². The second-order valence-electron chi connectivity index (χ2n) is 5.91. The maximum Gasteiger partial charge on any atom is 0.311 e. The number of benzene rings is 1. The number of fused-ring (bicyclic) bond motifs is 2. The van der Waals surface area contributed by atoms with E-state index in [-0.39, 0.29) is 5.92 Å². The summed E-state index contributed by atoms with van der Waals surface area (Å²) < 4.78 is 0. The number of hydrogen-bond acceptors (Lipinski definition) is 3. The Morgan fingerprint density at radius 1 is 1.40 bits per heavy atom. The molecule has 4 nitrogen and oxygen atoms in total. The normalized spacial score (nSPS) is 29.8. The Morgan fingerprint density at radius 3 is 2.85 bits per heavy atom. The summed E-state index contributed by atoms with van der Waals surface area (Å²) in [5, 5.41) is 10.3. The lowest BCUT2D eigenvalue weighted by atomic mass is 9.73. The monoisotopic (exact) mass is 294 g/mol. The molecule has 0 aliphatic carbocycles. The van der Waals surface area contributed by atoms with E-state index in [1.807, 2.05) is 18.2 Å². The molecule has 1 aromatic rings. The van der Waals surface area contributed by atoms with Crippen molar-refractivity contribution in [3.05, 3.63) is 28.8 Å². The third-order valence-corrected chi connectivity index (χ3v) is 4.95. The molecule has 20 heavy (non-hydrogen) atoms. The predicted molar refractivity (Wildman–Crippen MR) is 79.6 cm³/mol. The first-order chi connectivity index (χ1) is 9.49. The quantitative estimate of drug-likeness (QED) is 0.863. The van der Waals surface area contributed by atoms with E-state index >= 15 is 0 Å². The van der Waals surface area contributed by atoms with Gasteiger partial charge in [0.2, 0.25) is 0 Å². The third-order valence-electron chi connectivity index (χ3n) is 4.72. The molecule has 1 fully saturated rings. The lowest BCUT2D eigenvalue weighted by Crippen LogP contribution is -2.55. The molecule has 2 heterocycles. The number of carboxylic acid groups (broad SMARTS) is 1. The number of hydrogen-bond donors (Lipinski definition) is 1. The largest absolute Gasteiger partial charge is 0.481 e. The Balaban J connectivity index is 2.12. The highest BCUT2D eigenvalue weighted by atomic mass is 35.5. The molecule has 3 rings (SSSR count). The van der Waals surface area contributed by atoms with Crippen molar-refractivity contribution >= 4 is 23.3 Å². The molecule has 3 unspecified atom stereocenters. The van der Waals surface area contributed by atoms with Gasteiger partial charge in [-0.1, -0.05) is 11.6 Å². The van der Waals surface area contributed by atoms with Crippen molar-refractivity contribution in [1.29, 1.82) is 0 Å². The van der Waals surface area contributed by atoms with Gasteiger partial charge in [0.15, 0.2) is 0 Å². The number of halogens is 1. The molecule has 3 atom stereocenters. The van der Waals surface area contributed by atoms with Gasteiger partial charge in [0.05, 0.1) is 5.92 Å². The fourth-order valence-corrected chi connectivity index (χ4v) is 3.95. The minimum atomic E-state index is -0.744. The molecule has 108 valence electrons. The standard InChI is InChI=1S/C15H19ClN2O2/c1-17-6-5-13-11(8-17)14(15(19)20)10-7-9(16)3-4-12(10)18(13)2/h3-4,7,11,13-14H,5-6,8H2,1-2H3,(H,19,20). The molecule has 0 saturated carbocycles. The van der Waals surface area contributed by atoms with Gasteiger partial charge in [-0.05, 0) is 43.8 Å². The summed E-state index contributed by atoms with van der Waals surface area (Å²) in [4.78, 5) is 16.3. The van der Waals surface area contributed by atoms with Crippen molar-refractivity contribution in [2.75, 3.05) is 32.1 Å². The SMILES string of the molecule is CN1CCC2C(C1)C(C(=O)O)c1cc(Cl)ccc1N2C. The highest BCUT2D eigenvalue weighted by molar-refractivity contribution is 6.30. The lowest BCUT2D eigenvalue weighted by molar-refractivity contribution is -0.141. The van der Waals surface area contributed by atoms with E-state index < -0.39 is 11.9 Å². The van der Waals surface area contributed by atoms with Gasteiger partial charge in [0, 0.05) is 36.3 Å². The van der Waals surface area contributed by atoms with Gasteiger partial charge >= 0.3 is 5.97 Å². The van der Waals surface area contributed by atoms with Crippen LogP contribution in [0.4, 0.5) is 5.69 Å². The summed E-state index contributed by atoms with van der Waals surface area (Å²) in [7, 11) is 4.12. The number of anilines is 1. The van der Waals surface area contributed by atoms with Gasteiger partial charge in [-0.3, -0.25) is 4.79 Å². The fraction of sp³-hybridized carbons (Fsp3) is 0.533. The minimum Gasteiger partial charge on any atom is -0.481 e. The predicted octanol–water partition coefficient (Wildman–Crippen LogP) is 2.28. The first-order valence-corrected chi connectivity index (χ1v) is 7.30. The Kier molecular flexibility index (Phi) is 3.38. The van der Waals surface area contributed by atoms with Crippen LogP contribution < -0.4 is 4.90 Å². The topological polar surface area (TPSA) is 43.8 Å². The van der Waals surface area contributed by atoms with Crippen molar-refractivity contribution in [2.24, 2.45) is 5.92 Å². The Labute approximate surface area is 123 Å². The molecule has 5 heteroatoms. The molecule has 1 N–H and O–H groups in total. The highest BCUT2D eigenvalue weighted by Gasteiger charge is 2.45. The van der Waals surface area contributed by atoms with E-state index in [9.17, 15) is 9.90 Å². The summed E-state index contributed by atoms with van der Waals surface area (Å²) in [5.41, 5.74) is 1.86. The Hall–Kier alpha value is -1.26. The van der Waals surface area contributed by atoms with Crippen molar-refractivity contribution in [1.82, 2.24) is 4.90 Å². The number of piperidine rings is 1. The smallest absolute Gasteiger partial charge is 0.311 e. The fourth-order valence-electron chi connectivity index (χ4n) is 3.77. The average Bonchev–Trinajstić information content (AvgIpc) is 2.37. The second kappa shape index (κ2) is 4.93. The number of aliphatic carboxylic acids is 1. The van der Waals surface area contributed by atoms with Crippen molar-refractivity contribution in [3.8, 4) is 0 Å². The first kappa shape index (κ1) is 13.7. The maximum absolute atomic E-state index is 11.8. The first-order valence-electron chi connectivity index (χ1n) is 6.92. The molecular weight excluding hydrogens is 276 g/mol. The van der Waals surface area contributed by atoms with Gasteiger partial charge in [0.1, 0.15) is 0 Å². The van der Waals surface area contributed by atoms with Gasteiger partial charge in [0.25, 0.3) is 0 Å². The van der Waals surface area contributed by atoms with Gasteiger partial charge < -0.3 is 14.9 Å². The van der Waals surface area contributed by atoms with Gasteiger partial charge in [-0.15, -0.1) is 0 Å². The molecule has 1 saturated heterocycles. The summed E-state index contributed by atoms with van der Waals surface area (Å²) in [6.07, 6.45) is 1.00. The zero-order valence-electron chi connectivity index (χ0n) is 11.7. The summed E-state index contributed by atoms with van der Waals surface area (Å²) >= 11 is 6.08. The van der Waals surface area contributed by atoms with E-state index in [1.165, 1.54) is 0 Å². The van der Waals surface area contributed by atoms with Crippen LogP contribution >= 0.6 is 11.6 Å². The van der Waals surface area contributed by atoms with E-state index in [0.29, 0.717) is 11.1 Å². The number of carbonyl (C=O) groups is 1. The van der Waals surface area contributed by atoms with Gasteiger partial charge in [-0.2, -0.15) is 0 Å². The number of likely N-dealkylation sites (tertiary alicyclic amines) is 1. The molecule has 0 amide bonds. The van der Waals surface area contributed by atoms with Crippen LogP contribution in [0, 0.1) is 5.92 Å². The van der Waals surface area contributed by atoms with E-state index in [4.69, 9.17) is 11.6 Å².